The van der Waals surface area contributed by atoms with Gasteiger partial charge in [-0.15, -0.1) is 0 Å². The first-order valence-electron chi connectivity index (χ1n) is 26.7. The Labute approximate surface area is 462 Å². The number of hydrogen-bond donors (Lipinski definition) is 1. The normalized spacial score (nSPS) is 22.9. The van der Waals surface area contributed by atoms with Crippen molar-refractivity contribution in [3.8, 4) is 17.2 Å². The summed E-state index contributed by atoms with van der Waals surface area (Å²) in [5.74, 6) is 0.0823. The van der Waals surface area contributed by atoms with Crippen LogP contribution in [0.4, 0.5) is 0 Å². The molecular weight excluding hydrogens is 1000 g/mol. The monoisotopic (exact) mass is 1070 g/mol. The van der Waals surface area contributed by atoms with E-state index in [9.17, 15) is 9.90 Å². The molecule has 7 aromatic rings. The second-order valence-corrected chi connectivity index (χ2v) is 19.4. The Hall–Kier alpha value is -6.95. The van der Waals surface area contributed by atoms with E-state index in [2.05, 4.69) is 0 Å². The van der Waals surface area contributed by atoms with Crippen LogP contribution in [-0.2, 0) is 82.3 Å². The maximum atomic E-state index is 15.0. The van der Waals surface area contributed by atoms with Crippen molar-refractivity contribution in [2.24, 2.45) is 0 Å². The Morgan fingerprint density at radius 3 is 1.11 bits per heavy atom. The predicted molar refractivity (Wildman–Crippen MR) is 296 cm³/mol. The predicted octanol–water partition coefficient (Wildman–Crippen LogP) is 10.3. The van der Waals surface area contributed by atoms with Crippen molar-refractivity contribution in [1.82, 2.24) is 0 Å². The maximum Gasteiger partial charge on any atom is 0.338 e. The van der Waals surface area contributed by atoms with Crippen molar-refractivity contribution < 1.29 is 66.7 Å². The quantitative estimate of drug-likeness (QED) is 0.0487. The molecule has 14 heteroatoms. The van der Waals surface area contributed by atoms with E-state index in [4.69, 9.17) is 56.8 Å². The number of aliphatic hydroxyl groups is 1. The molecule has 0 aliphatic carbocycles. The van der Waals surface area contributed by atoms with Gasteiger partial charge in [-0.05, 0) is 45.5 Å². The zero-order chi connectivity index (χ0) is 54.6. The fourth-order valence-corrected chi connectivity index (χ4v) is 10.1. The van der Waals surface area contributed by atoms with Crippen LogP contribution in [0.2, 0.25) is 0 Å². The minimum atomic E-state index is -1.19. The number of carbonyl (C=O) groups is 1. The summed E-state index contributed by atoms with van der Waals surface area (Å²) < 4.78 is 79.5. The molecule has 14 nitrogen and oxygen atoms in total. The number of esters is 1. The summed E-state index contributed by atoms with van der Waals surface area (Å²) in [7, 11) is 4.44. The van der Waals surface area contributed by atoms with E-state index in [1.165, 1.54) is 33.5 Å². The number of benzene rings is 7. The highest BCUT2D eigenvalue weighted by molar-refractivity contribution is 5.91. The molecule has 0 aromatic heterocycles. The highest BCUT2D eigenvalue weighted by Crippen LogP contribution is 2.41. The van der Waals surface area contributed by atoms with Crippen LogP contribution in [0, 0.1) is 0 Å². The fourth-order valence-electron chi connectivity index (χ4n) is 10.1. The fraction of sp³-hybridized carbons (Fsp3) is 0.338. The molecule has 7 aromatic carbocycles. The molecule has 2 heterocycles. The number of rotatable bonds is 27. The van der Waals surface area contributed by atoms with Gasteiger partial charge in [0, 0.05) is 6.42 Å². The van der Waals surface area contributed by atoms with Crippen LogP contribution in [0.5, 0.6) is 17.2 Å². The molecule has 2 saturated heterocycles. The molecule has 2 aliphatic rings. The zero-order valence-corrected chi connectivity index (χ0v) is 44.9. The van der Waals surface area contributed by atoms with Crippen LogP contribution in [0.25, 0.3) is 0 Å². The van der Waals surface area contributed by atoms with Crippen LogP contribution >= 0.6 is 0 Å². The van der Waals surface area contributed by atoms with Crippen molar-refractivity contribution in [3.63, 3.8) is 0 Å². The minimum absolute atomic E-state index is 0.0472. The van der Waals surface area contributed by atoms with Gasteiger partial charge in [0.25, 0.3) is 0 Å². The lowest BCUT2D eigenvalue weighted by molar-refractivity contribution is -0.292. The first-order valence-corrected chi connectivity index (χ1v) is 26.7. The lowest BCUT2D eigenvalue weighted by Gasteiger charge is -2.49. The molecule has 0 bridgehead atoms. The Morgan fingerprint density at radius 2 is 0.734 bits per heavy atom. The first kappa shape index (κ1) is 56.8. The van der Waals surface area contributed by atoms with E-state index in [0.717, 1.165) is 33.4 Å². The van der Waals surface area contributed by atoms with Crippen molar-refractivity contribution in [2.45, 2.75) is 107 Å². The van der Waals surface area contributed by atoms with Crippen molar-refractivity contribution in [2.75, 3.05) is 34.5 Å². The van der Waals surface area contributed by atoms with Gasteiger partial charge in [0.15, 0.2) is 17.6 Å². The Kier molecular flexibility index (Phi) is 21.1. The van der Waals surface area contributed by atoms with Gasteiger partial charge in [-0.25, -0.2) is 4.79 Å². The van der Waals surface area contributed by atoms with Crippen molar-refractivity contribution >= 4 is 5.97 Å². The van der Waals surface area contributed by atoms with E-state index < -0.39 is 73.6 Å². The van der Waals surface area contributed by atoms with E-state index in [1.54, 1.807) is 0 Å². The Balaban J connectivity index is 1.13. The molecule has 0 spiro atoms. The third-order valence-electron chi connectivity index (χ3n) is 14.1. The number of hydrogen-bond acceptors (Lipinski definition) is 14. The average Bonchev–Trinajstić information content (AvgIpc) is 3.62. The third-order valence-corrected chi connectivity index (χ3v) is 14.1. The largest absolute Gasteiger partial charge is 0.493 e. The Bertz CT molecular complexity index is 2840. The molecule has 1 N–H and O–H groups in total. The molecular formula is C65H70O14. The van der Waals surface area contributed by atoms with Gasteiger partial charge >= 0.3 is 5.97 Å². The van der Waals surface area contributed by atoms with Gasteiger partial charge in [0.05, 0.1) is 85.9 Å². The Morgan fingerprint density at radius 1 is 0.405 bits per heavy atom. The molecule has 0 saturated carbocycles. The summed E-state index contributed by atoms with van der Waals surface area (Å²) in [6.45, 7) is 0.896. The van der Waals surface area contributed by atoms with Gasteiger partial charge in [-0.1, -0.05) is 182 Å². The molecule has 414 valence electrons. The second-order valence-electron chi connectivity index (χ2n) is 19.4. The van der Waals surface area contributed by atoms with Gasteiger partial charge in [0.1, 0.15) is 48.8 Å². The average molecular weight is 1080 g/mol. The lowest BCUT2D eigenvalue weighted by atomic mass is 9.86. The number of carbonyl (C=O) groups excluding carboxylic acids is 1. The van der Waals surface area contributed by atoms with Gasteiger partial charge in [-0.2, -0.15) is 0 Å². The standard InChI is InChI=1S/C65H70O14/c1-68-52-34-51(35-53(69-2)58(52)70-3)65(67)79-62-55(77-56(37-66)60(73-40-47-26-14-6-15-27-47)64(62)76-43-50-32-20-9-21-33-50)36-54-59(72-39-46-24-12-5-13-25-46)63(75-42-49-30-18-8-19-31-49)61(74-41-48-28-16-7-17-29-48)57(78-54)44-71-38-45-22-10-4-11-23-45/h4-35,54-57,59-64,66H,36-44H2,1-3H3/t54-,55-,56+,57+,59-,60+,61+,62+,63+,64-/m0/s1. The summed E-state index contributed by atoms with van der Waals surface area (Å²) in [5, 5.41) is 11.4. The summed E-state index contributed by atoms with van der Waals surface area (Å²) in [6, 6.07) is 62.2. The van der Waals surface area contributed by atoms with Crippen molar-refractivity contribution in [1.29, 1.82) is 0 Å². The molecule has 10 atom stereocenters. The summed E-state index contributed by atoms with van der Waals surface area (Å²) in [6.07, 6.45) is -8.96. The molecule has 2 fully saturated rings. The summed E-state index contributed by atoms with van der Waals surface area (Å²) in [4.78, 5) is 15.0. The second kappa shape index (κ2) is 29.3. The first-order chi connectivity index (χ1) is 38.9. The molecule has 0 unspecified atom stereocenters. The van der Waals surface area contributed by atoms with Gasteiger partial charge < -0.3 is 61.9 Å². The van der Waals surface area contributed by atoms with Crippen molar-refractivity contribution in [3.05, 3.63) is 233 Å². The van der Waals surface area contributed by atoms with Gasteiger partial charge in [0.2, 0.25) is 5.75 Å². The number of ether oxygens (including phenoxy) is 12. The minimum Gasteiger partial charge on any atom is -0.493 e. The molecule has 79 heavy (non-hydrogen) atoms. The van der Waals surface area contributed by atoms with E-state index in [1.807, 2.05) is 182 Å². The van der Waals surface area contributed by atoms with Crippen LogP contribution in [0.3, 0.4) is 0 Å². The highest BCUT2D eigenvalue weighted by Gasteiger charge is 2.54. The third kappa shape index (κ3) is 15.5. The highest BCUT2D eigenvalue weighted by atomic mass is 16.6. The van der Waals surface area contributed by atoms with E-state index >= 15 is 0 Å². The van der Waals surface area contributed by atoms with Crippen LogP contribution in [0.1, 0.15) is 50.2 Å². The smallest absolute Gasteiger partial charge is 0.338 e. The topological polar surface area (TPSA) is 148 Å². The zero-order valence-electron chi connectivity index (χ0n) is 44.9. The van der Waals surface area contributed by atoms with Gasteiger partial charge in [-0.3, -0.25) is 0 Å². The summed E-state index contributed by atoms with van der Waals surface area (Å²) >= 11 is 0. The maximum absolute atomic E-state index is 15.0. The molecule has 9 rings (SSSR count). The van der Waals surface area contributed by atoms with Crippen LogP contribution < -0.4 is 14.2 Å². The number of methoxy groups -OCH3 is 3. The van der Waals surface area contributed by atoms with E-state index in [0.29, 0.717) is 12.4 Å². The lowest BCUT2D eigenvalue weighted by Crippen LogP contribution is -2.65. The summed E-state index contributed by atoms with van der Waals surface area (Å²) in [5.41, 5.74) is 5.70. The van der Waals surface area contributed by atoms with Crippen LogP contribution in [-0.4, -0.2) is 107 Å². The van der Waals surface area contributed by atoms with E-state index in [-0.39, 0.29) is 63.1 Å². The molecule has 0 radical (unpaired) electrons. The number of aliphatic hydroxyl groups excluding tert-OH is 1. The molecule has 2 aliphatic heterocycles. The van der Waals surface area contributed by atoms with Crippen LogP contribution in [0.15, 0.2) is 194 Å². The molecule has 0 amide bonds. The SMILES string of the molecule is COc1cc(C(=O)O[C@H]2[C@@H](OCc3ccccc3)[C@H](OCc3ccccc3)[C@@H](CO)O[C@H]2C[C@@H]2O[C@H](COCc3ccccc3)[C@@H](OCc3ccccc3)[C@H](OCc3ccccc3)[C@H]2OCc2ccccc2)cc(OC)c1OC.